The number of hydrogen-bond donors (Lipinski definition) is 1. The Hall–Kier alpha value is -2.66. The minimum atomic E-state index is -0.00944. The van der Waals surface area contributed by atoms with Crippen LogP contribution in [-0.2, 0) is 7.05 Å². The molecule has 0 spiro atoms. The van der Waals surface area contributed by atoms with Gasteiger partial charge in [-0.05, 0) is 47.0 Å². The zero-order valence-electron chi connectivity index (χ0n) is 13.6. The van der Waals surface area contributed by atoms with Crippen LogP contribution in [0.25, 0.3) is 21.9 Å². The second-order valence-electron chi connectivity index (χ2n) is 5.31. The van der Waals surface area contributed by atoms with E-state index in [1.54, 1.807) is 24.1 Å². The SMILES string of the molecule is C=CSNc1ccc(OC)c(-c2cn(C)c(=O)c3ccccc23)c1. The summed E-state index contributed by atoms with van der Waals surface area (Å²) in [5.41, 5.74) is 2.81. The van der Waals surface area contributed by atoms with Gasteiger partial charge in [0.1, 0.15) is 5.75 Å². The third-order valence-corrected chi connectivity index (χ3v) is 4.36. The molecule has 2 aromatic carbocycles. The summed E-state index contributed by atoms with van der Waals surface area (Å²) in [5, 5.41) is 3.33. The van der Waals surface area contributed by atoms with Crippen LogP contribution in [0.4, 0.5) is 5.69 Å². The van der Waals surface area contributed by atoms with Gasteiger partial charge >= 0.3 is 0 Å². The van der Waals surface area contributed by atoms with Crippen molar-refractivity contribution in [2.24, 2.45) is 7.05 Å². The van der Waals surface area contributed by atoms with E-state index in [0.29, 0.717) is 5.39 Å². The van der Waals surface area contributed by atoms with Crippen molar-refractivity contribution in [2.75, 3.05) is 11.8 Å². The van der Waals surface area contributed by atoms with Crippen molar-refractivity contribution in [3.63, 3.8) is 0 Å². The molecule has 0 bridgehead atoms. The highest BCUT2D eigenvalue weighted by Gasteiger charge is 2.13. The van der Waals surface area contributed by atoms with Gasteiger partial charge in [0.25, 0.3) is 5.56 Å². The predicted octanol–water partition coefficient (Wildman–Crippen LogP) is 4.42. The lowest BCUT2D eigenvalue weighted by atomic mass is 9.99. The first-order valence-corrected chi connectivity index (χ1v) is 8.33. The summed E-state index contributed by atoms with van der Waals surface area (Å²) in [7, 11) is 3.41. The molecule has 0 aliphatic rings. The molecule has 1 N–H and O–H groups in total. The van der Waals surface area contributed by atoms with E-state index in [4.69, 9.17) is 4.74 Å². The largest absolute Gasteiger partial charge is 0.496 e. The Morgan fingerprint density at radius 3 is 2.62 bits per heavy atom. The third-order valence-electron chi connectivity index (χ3n) is 3.84. The third kappa shape index (κ3) is 2.90. The first kappa shape index (κ1) is 16.2. The van der Waals surface area contributed by atoms with E-state index >= 15 is 0 Å². The summed E-state index contributed by atoms with van der Waals surface area (Å²) < 4.78 is 10.3. The molecule has 0 amide bonds. The van der Waals surface area contributed by atoms with Crippen molar-refractivity contribution in [3.8, 4) is 16.9 Å². The number of methoxy groups -OCH3 is 1. The van der Waals surface area contributed by atoms with Crippen LogP contribution in [0.2, 0.25) is 0 Å². The van der Waals surface area contributed by atoms with Gasteiger partial charge in [0.15, 0.2) is 0 Å². The molecule has 0 aliphatic heterocycles. The quantitative estimate of drug-likeness (QED) is 0.700. The topological polar surface area (TPSA) is 43.3 Å². The van der Waals surface area contributed by atoms with Gasteiger partial charge in [0.05, 0.1) is 7.11 Å². The predicted molar refractivity (Wildman–Crippen MR) is 103 cm³/mol. The molecular formula is C19H18N2O2S. The highest BCUT2D eigenvalue weighted by atomic mass is 32.2. The van der Waals surface area contributed by atoms with E-state index in [-0.39, 0.29) is 5.56 Å². The van der Waals surface area contributed by atoms with E-state index in [9.17, 15) is 4.79 Å². The first-order chi connectivity index (χ1) is 11.7. The van der Waals surface area contributed by atoms with E-state index in [1.807, 2.05) is 48.7 Å². The number of pyridine rings is 1. The van der Waals surface area contributed by atoms with Gasteiger partial charge in [-0.2, -0.15) is 0 Å². The maximum absolute atomic E-state index is 12.4. The van der Waals surface area contributed by atoms with Gasteiger partial charge in [-0.3, -0.25) is 4.79 Å². The number of fused-ring (bicyclic) bond motifs is 1. The Morgan fingerprint density at radius 1 is 1.17 bits per heavy atom. The maximum atomic E-state index is 12.4. The van der Waals surface area contributed by atoms with Crippen molar-refractivity contribution in [3.05, 3.63) is 71.0 Å². The van der Waals surface area contributed by atoms with E-state index in [2.05, 4.69) is 11.3 Å². The molecule has 5 heteroatoms. The van der Waals surface area contributed by atoms with Crippen LogP contribution in [0.5, 0.6) is 5.75 Å². The average molecular weight is 338 g/mol. The van der Waals surface area contributed by atoms with Crippen LogP contribution < -0.4 is 15.0 Å². The fraction of sp³-hybridized carbons (Fsp3) is 0.105. The van der Waals surface area contributed by atoms with Crippen LogP contribution in [-0.4, -0.2) is 11.7 Å². The molecule has 0 saturated carbocycles. The van der Waals surface area contributed by atoms with Gasteiger partial charge in [0.2, 0.25) is 0 Å². The molecule has 0 saturated heterocycles. The number of aromatic nitrogens is 1. The summed E-state index contributed by atoms with van der Waals surface area (Å²) in [5.74, 6) is 0.757. The summed E-state index contributed by atoms with van der Waals surface area (Å²) in [6.07, 6.45) is 1.85. The average Bonchev–Trinajstić information content (AvgIpc) is 2.63. The fourth-order valence-electron chi connectivity index (χ4n) is 2.72. The second-order valence-corrected chi connectivity index (χ2v) is 6.08. The molecule has 0 fully saturated rings. The van der Waals surface area contributed by atoms with Crippen molar-refractivity contribution < 1.29 is 4.74 Å². The normalized spacial score (nSPS) is 10.6. The van der Waals surface area contributed by atoms with Crippen LogP contribution >= 0.6 is 11.9 Å². The number of anilines is 1. The molecule has 1 heterocycles. The molecule has 0 aliphatic carbocycles. The van der Waals surface area contributed by atoms with Crippen molar-refractivity contribution in [1.29, 1.82) is 0 Å². The van der Waals surface area contributed by atoms with Gasteiger partial charge in [-0.25, -0.2) is 0 Å². The number of ether oxygens (including phenoxy) is 1. The Bertz CT molecular complexity index is 963. The minimum absolute atomic E-state index is 0.00944. The monoisotopic (exact) mass is 338 g/mol. The Kier molecular flexibility index (Phi) is 4.62. The lowest BCUT2D eigenvalue weighted by Gasteiger charge is -2.14. The smallest absolute Gasteiger partial charge is 0.258 e. The molecular weight excluding hydrogens is 320 g/mol. The molecule has 0 unspecified atom stereocenters. The van der Waals surface area contributed by atoms with Crippen LogP contribution in [0, 0.1) is 0 Å². The van der Waals surface area contributed by atoms with Crippen LogP contribution in [0.1, 0.15) is 0 Å². The fourth-order valence-corrected chi connectivity index (χ4v) is 3.07. The Morgan fingerprint density at radius 2 is 1.92 bits per heavy atom. The number of rotatable bonds is 5. The molecule has 24 heavy (non-hydrogen) atoms. The zero-order valence-corrected chi connectivity index (χ0v) is 14.4. The van der Waals surface area contributed by atoms with Crippen LogP contribution in [0.3, 0.4) is 0 Å². The van der Waals surface area contributed by atoms with Gasteiger partial charge in [-0.1, -0.05) is 24.8 Å². The zero-order chi connectivity index (χ0) is 17.1. The second kappa shape index (κ2) is 6.84. The molecule has 3 rings (SSSR count). The lowest BCUT2D eigenvalue weighted by molar-refractivity contribution is 0.416. The first-order valence-electron chi connectivity index (χ1n) is 7.45. The summed E-state index contributed by atoms with van der Waals surface area (Å²) in [6.45, 7) is 3.69. The lowest BCUT2D eigenvalue weighted by Crippen LogP contribution is -2.16. The van der Waals surface area contributed by atoms with Gasteiger partial charge < -0.3 is 14.0 Å². The summed E-state index contributed by atoms with van der Waals surface area (Å²) in [6, 6.07) is 13.5. The van der Waals surface area contributed by atoms with Crippen molar-refractivity contribution in [1.82, 2.24) is 4.57 Å². The van der Waals surface area contributed by atoms with E-state index < -0.39 is 0 Å². The number of aryl methyl sites for hydroxylation is 1. The highest BCUT2D eigenvalue weighted by Crippen LogP contribution is 2.36. The highest BCUT2D eigenvalue weighted by molar-refractivity contribution is 8.03. The molecule has 0 radical (unpaired) electrons. The summed E-state index contributed by atoms with van der Waals surface area (Å²) in [4.78, 5) is 12.4. The standard InChI is InChI=1S/C19H18N2O2S/c1-4-24-20-13-9-10-18(23-3)16(11-13)17-12-21(2)19(22)15-8-6-5-7-14(15)17/h4-12,20H,1H2,2-3H3. The maximum Gasteiger partial charge on any atom is 0.258 e. The van der Waals surface area contributed by atoms with Gasteiger partial charge in [0, 0.05) is 35.4 Å². The van der Waals surface area contributed by atoms with E-state index in [1.165, 1.54) is 11.9 Å². The Labute approximate surface area is 144 Å². The molecule has 3 aromatic rings. The minimum Gasteiger partial charge on any atom is -0.496 e. The number of nitrogens with one attached hydrogen (secondary N) is 1. The van der Waals surface area contributed by atoms with Crippen molar-refractivity contribution in [2.45, 2.75) is 0 Å². The number of benzene rings is 2. The molecule has 1 aromatic heterocycles. The van der Waals surface area contributed by atoms with E-state index in [0.717, 1.165) is 28.0 Å². The van der Waals surface area contributed by atoms with Crippen LogP contribution in [0.15, 0.2) is 65.4 Å². The number of nitrogens with zero attached hydrogens (tertiary/aromatic N) is 1. The molecule has 4 nitrogen and oxygen atoms in total. The van der Waals surface area contributed by atoms with Gasteiger partial charge in [-0.15, -0.1) is 0 Å². The van der Waals surface area contributed by atoms with Crippen molar-refractivity contribution >= 4 is 28.4 Å². The molecule has 0 atom stereocenters. The molecule has 122 valence electrons. The Balaban J connectivity index is 2.28. The number of hydrogen-bond acceptors (Lipinski definition) is 4. The summed E-state index contributed by atoms with van der Waals surface area (Å²) >= 11 is 1.41.